The molecule has 1 saturated heterocycles. The average molecular weight is 532 g/mol. The molecular formula is C32H38FN3O3. The Morgan fingerprint density at radius 2 is 1.59 bits per heavy atom. The average Bonchev–Trinajstić information content (AvgIpc) is 3.43. The summed E-state index contributed by atoms with van der Waals surface area (Å²) in [4.78, 5) is 31.9. The minimum atomic E-state index is -0.934. The van der Waals surface area contributed by atoms with Crippen molar-refractivity contribution in [2.24, 2.45) is 0 Å². The number of furan rings is 1. The fraction of sp³-hybridized carbons (Fsp3) is 0.438. The number of halogens is 1. The lowest BCUT2D eigenvalue weighted by atomic mass is 9.94. The summed E-state index contributed by atoms with van der Waals surface area (Å²) in [7, 11) is 0. The van der Waals surface area contributed by atoms with Gasteiger partial charge in [0, 0.05) is 12.6 Å². The number of hydrogen-bond acceptors (Lipinski definition) is 4. The summed E-state index contributed by atoms with van der Waals surface area (Å²) in [6.07, 6.45) is 8.76. The van der Waals surface area contributed by atoms with E-state index >= 15 is 0 Å². The number of rotatable bonds is 9. The first-order valence-electron chi connectivity index (χ1n) is 14.3. The van der Waals surface area contributed by atoms with Crippen molar-refractivity contribution in [2.75, 3.05) is 13.1 Å². The Morgan fingerprint density at radius 3 is 2.31 bits per heavy atom. The smallest absolute Gasteiger partial charge is 0.290 e. The summed E-state index contributed by atoms with van der Waals surface area (Å²) < 4.78 is 20.0. The summed E-state index contributed by atoms with van der Waals surface area (Å²) in [5, 5.41) is 3.20. The molecule has 1 aliphatic heterocycles. The maximum Gasteiger partial charge on any atom is 0.290 e. The Balaban J connectivity index is 1.45. The van der Waals surface area contributed by atoms with Crippen molar-refractivity contribution in [3.8, 4) is 0 Å². The van der Waals surface area contributed by atoms with E-state index in [9.17, 15) is 14.0 Å². The van der Waals surface area contributed by atoms with Gasteiger partial charge in [0.2, 0.25) is 5.91 Å². The van der Waals surface area contributed by atoms with E-state index in [1.165, 1.54) is 37.8 Å². The highest BCUT2D eigenvalue weighted by Gasteiger charge is 2.35. The van der Waals surface area contributed by atoms with E-state index in [1.54, 1.807) is 23.1 Å². The molecule has 0 spiro atoms. The number of hydrogen-bond donors (Lipinski definition) is 1. The fourth-order valence-electron chi connectivity index (χ4n) is 5.76. The van der Waals surface area contributed by atoms with E-state index < -0.39 is 6.04 Å². The maximum absolute atomic E-state index is 14.1. The molecule has 2 aliphatic rings. The monoisotopic (exact) mass is 531 g/mol. The Bertz CT molecular complexity index is 1210. The van der Waals surface area contributed by atoms with Crippen LogP contribution < -0.4 is 5.32 Å². The third-order valence-corrected chi connectivity index (χ3v) is 7.85. The van der Waals surface area contributed by atoms with Gasteiger partial charge in [0.05, 0.1) is 6.54 Å². The molecule has 5 rings (SSSR count). The number of benzene rings is 2. The van der Waals surface area contributed by atoms with Gasteiger partial charge < -0.3 is 14.6 Å². The molecule has 0 unspecified atom stereocenters. The molecule has 1 aliphatic carbocycles. The predicted octanol–water partition coefficient (Wildman–Crippen LogP) is 6.24. The highest BCUT2D eigenvalue weighted by molar-refractivity contribution is 5.96. The number of nitrogens with one attached hydrogen (secondary N) is 1. The zero-order valence-corrected chi connectivity index (χ0v) is 22.5. The minimum absolute atomic E-state index is 0.0719. The SMILES string of the molecule is O=C(NC1CCCCC1)[C@H](c1ccc(F)cc1)N(Cc1ccccc1)C(=O)c1ccc(CN2CCCCC2)o1. The zero-order chi connectivity index (χ0) is 27.0. The second kappa shape index (κ2) is 13.1. The van der Waals surface area contributed by atoms with Crippen LogP contribution in [0.2, 0.25) is 0 Å². The standard InChI is InChI=1S/C32H38FN3O3/c33-26-16-14-25(15-17-26)30(31(37)34-27-12-6-2-7-13-27)36(22-24-10-4-1-5-11-24)32(38)29-19-18-28(39-29)23-35-20-8-3-9-21-35/h1,4-5,10-11,14-19,27,30H,2-3,6-9,12-13,20-23H2,(H,34,37)/t30-/m0/s1. The van der Waals surface area contributed by atoms with Gasteiger partial charge in [-0.25, -0.2) is 4.39 Å². The third kappa shape index (κ3) is 7.15. The van der Waals surface area contributed by atoms with Gasteiger partial charge in [0.25, 0.3) is 5.91 Å². The van der Waals surface area contributed by atoms with Crippen molar-refractivity contribution in [3.63, 3.8) is 0 Å². The fourth-order valence-corrected chi connectivity index (χ4v) is 5.76. The van der Waals surface area contributed by atoms with Crippen LogP contribution in [-0.2, 0) is 17.9 Å². The van der Waals surface area contributed by atoms with Crippen LogP contribution in [0, 0.1) is 5.82 Å². The van der Waals surface area contributed by atoms with Crippen LogP contribution in [0.1, 0.15) is 84.9 Å². The van der Waals surface area contributed by atoms with E-state index in [0.717, 1.165) is 50.1 Å². The van der Waals surface area contributed by atoms with Crippen LogP contribution in [0.3, 0.4) is 0 Å². The van der Waals surface area contributed by atoms with Gasteiger partial charge in [-0.05, 0) is 74.2 Å². The molecular weight excluding hydrogens is 493 g/mol. The molecule has 2 amide bonds. The first-order chi connectivity index (χ1) is 19.1. The molecule has 1 aromatic heterocycles. The van der Waals surface area contributed by atoms with E-state index in [4.69, 9.17) is 4.42 Å². The predicted molar refractivity (Wildman–Crippen MR) is 148 cm³/mol. The van der Waals surface area contributed by atoms with Crippen LogP contribution in [0.15, 0.2) is 71.1 Å². The van der Waals surface area contributed by atoms with E-state index in [0.29, 0.717) is 12.1 Å². The lowest BCUT2D eigenvalue weighted by Gasteiger charge is -2.33. The minimum Gasteiger partial charge on any atom is -0.455 e. The van der Waals surface area contributed by atoms with Crippen molar-refractivity contribution in [3.05, 3.63) is 95.2 Å². The second-order valence-corrected chi connectivity index (χ2v) is 10.8. The highest BCUT2D eigenvalue weighted by Crippen LogP contribution is 2.28. The molecule has 206 valence electrons. The lowest BCUT2D eigenvalue weighted by molar-refractivity contribution is -0.127. The van der Waals surface area contributed by atoms with Gasteiger partial charge in [0.15, 0.2) is 5.76 Å². The molecule has 0 bridgehead atoms. The topological polar surface area (TPSA) is 65.8 Å². The van der Waals surface area contributed by atoms with Crippen LogP contribution in [0.25, 0.3) is 0 Å². The van der Waals surface area contributed by atoms with Gasteiger partial charge >= 0.3 is 0 Å². The number of likely N-dealkylation sites (tertiary alicyclic amines) is 1. The summed E-state index contributed by atoms with van der Waals surface area (Å²) >= 11 is 0. The first-order valence-corrected chi connectivity index (χ1v) is 14.3. The van der Waals surface area contributed by atoms with Crippen molar-refractivity contribution in [2.45, 2.75) is 76.5 Å². The van der Waals surface area contributed by atoms with Gasteiger partial charge in [-0.2, -0.15) is 0 Å². The van der Waals surface area contributed by atoms with Crippen LogP contribution in [0.5, 0.6) is 0 Å². The molecule has 3 aromatic rings. The summed E-state index contributed by atoms with van der Waals surface area (Å²) in [5.41, 5.74) is 1.46. The molecule has 1 saturated carbocycles. The number of piperidine rings is 1. The van der Waals surface area contributed by atoms with E-state index in [2.05, 4.69) is 10.2 Å². The second-order valence-electron chi connectivity index (χ2n) is 10.8. The molecule has 6 nitrogen and oxygen atoms in total. The number of carbonyl (C=O) groups excluding carboxylic acids is 2. The largest absolute Gasteiger partial charge is 0.455 e. The maximum atomic E-state index is 14.1. The highest BCUT2D eigenvalue weighted by atomic mass is 19.1. The molecule has 0 radical (unpaired) electrons. The molecule has 2 aromatic carbocycles. The summed E-state index contributed by atoms with van der Waals surface area (Å²) in [6.45, 7) is 2.92. The van der Waals surface area contributed by atoms with Crippen molar-refractivity contribution in [1.29, 1.82) is 0 Å². The van der Waals surface area contributed by atoms with Crippen LogP contribution in [-0.4, -0.2) is 40.7 Å². The van der Waals surface area contributed by atoms with Crippen LogP contribution in [0.4, 0.5) is 4.39 Å². The zero-order valence-electron chi connectivity index (χ0n) is 22.5. The summed E-state index contributed by atoms with van der Waals surface area (Å²) in [5.74, 6) is -0.0605. The Morgan fingerprint density at radius 1 is 0.897 bits per heavy atom. The third-order valence-electron chi connectivity index (χ3n) is 7.85. The van der Waals surface area contributed by atoms with Crippen molar-refractivity contribution in [1.82, 2.24) is 15.1 Å². The molecule has 7 heteroatoms. The Hall–Kier alpha value is -3.45. The van der Waals surface area contributed by atoms with Gasteiger partial charge in [-0.1, -0.05) is 68.1 Å². The molecule has 2 heterocycles. The molecule has 2 fully saturated rings. The van der Waals surface area contributed by atoms with Gasteiger partial charge in [-0.15, -0.1) is 0 Å². The van der Waals surface area contributed by atoms with Gasteiger partial charge in [0.1, 0.15) is 17.6 Å². The van der Waals surface area contributed by atoms with E-state index in [-0.39, 0.29) is 36.0 Å². The number of amides is 2. The normalized spacial score (nSPS) is 17.5. The quantitative estimate of drug-likeness (QED) is 0.355. The molecule has 39 heavy (non-hydrogen) atoms. The number of carbonyl (C=O) groups is 2. The van der Waals surface area contributed by atoms with Crippen molar-refractivity contribution >= 4 is 11.8 Å². The Labute approximate surface area is 230 Å². The van der Waals surface area contributed by atoms with E-state index in [1.807, 2.05) is 36.4 Å². The lowest BCUT2D eigenvalue weighted by Crippen LogP contribution is -2.46. The summed E-state index contributed by atoms with van der Waals surface area (Å²) in [6, 6.07) is 18.2. The first kappa shape index (κ1) is 27.1. The Kier molecular flexibility index (Phi) is 9.09. The van der Waals surface area contributed by atoms with Crippen molar-refractivity contribution < 1.29 is 18.4 Å². The molecule has 1 atom stereocenters. The molecule has 1 N–H and O–H groups in total. The van der Waals surface area contributed by atoms with Crippen LogP contribution >= 0.6 is 0 Å². The number of nitrogens with zero attached hydrogens (tertiary/aromatic N) is 2. The van der Waals surface area contributed by atoms with Gasteiger partial charge in [-0.3, -0.25) is 14.5 Å².